The van der Waals surface area contributed by atoms with Crippen LogP contribution in [0.1, 0.15) is 11.1 Å². The minimum absolute atomic E-state index is 0.148. The van der Waals surface area contributed by atoms with Crippen LogP contribution in [0.4, 0.5) is 13.6 Å². The molecule has 1 atom stereocenters. The molecule has 7 heteroatoms. The van der Waals surface area contributed by atoms with Crippen molar-refractivity contribution in [2.75, 3.05) is 32.9 Å². The second-order valence-corrected chi connectivity index (χ2v) is 5.45. The van der Waals surface area contributed by atoms with Gasteiger partial charge in [0.2, 0.25) is 0 Å². The summed E-state index contributed by atoms with van der Waals surface area (Å²) in [5.41, 5.74) is 1.02. The molecule has 0 aromatic heterocycles. The van der Waals surface area contributed by atoms with Crippen molar-refractivity contribution in [1.82, 2.24) is 10.2 Å². The first kappa shape index (κ1) is 15.2. The third kappa shape index (κ3) is 3.36. The quantitative estimate of drug-likeness (QED) is 0.899. The summed E-state index contributed by atoms with van der Waals surface area (Å²) in [6.07, 6.45) is 0.238. The zero-order chi connectivity index (χ0) is 15.5. The van der Waals surface area contributed by atoms with Gasteiger partial charge in [-0.25, -0.2) is 13.6 Å². The van der Waals surface area contributed by atoms with Gasteiger partial charge in [-0.05, 0) is 23.6 Å². The van der Waals surface area contributed by atoms with Crippen LogP contribution < -0.4 is 5.32 Å². The lowest BCUT2D eigenvalue weighted by Gasteiger charge is -2.30. The van der Waals surface area contributed by atoms with Crippen LogP contribution in [-0.2, 0) is 22.4 Å². The number of halogens is 2. The summed E-state index contributed by atoms with van der Waals surface area (Å²) >= 11 is 0. The smallest absolute Gasteiger partial charge is 0.317 e. The summed E-state index contributed by atoms with van der Waals surface area (Å²) in [5, 5.41) is 2.78. The van der Waals surface area contributed by atoms with Crippen LogP contribution in [0.2, 0.25) is 0 Å². The van der Waals surface area contributed by atoms with Crippen molar-refractivity contribution in [3.63, 3.8) is 0 Å². The van der Waals surface area contributed by atoms with Gasteiger partial charge in [-0.2, -0.15) is 0 Å². The second kappa shape index (κ2) is 6.58. The van der Waals surface area contributed by atoms with Crippen LogP contribution in [-0.4, -0.2) is 49.9 Å². The zero-order valence-corrected chi connectivity index (χ0v) is 12.1. The van der Waals surface area contributed by atoms with Crippen LogP contribution in [0.5, 0.6) is 0 Å². The number of nitrogens with one attached hydrogen (secondary N) is 1. The molecule has 0 bridgehead atoms. The van der Waals surface area contributed by atoms with Crippen molar-refractivity contribution >= 4 is 6.03 Å². The Hall–Kier alpha value is -1.73. The lowest BCUT2D eigenvalue weighted by molar-refractivity contribution is -0.0856. The molecule has 2 amide bonds. The number of hydrogen-bond donors (Lipinski definition) is 1. The molecule has 0 radical (unpaired) electrons. The highest BCUT2D eigenvalue weighted by Crippen LogP contribution is 2.23. The number of ether oxygens (including phenoxy) is 2. The number of urea groups is 1. The van der Waals surface area contributed by atoms with E-state index in [2.05, 4.69) is 5.32 Å². The summed E-state index contributed by atoms with van der Waals surface area (Å²) < 4.78 is 37.7. The first-order chi connectivity index (χ1) is 10.6. The topological polar surface area (TPSA) is 50.8 Å². The van der Waals surface area contributed by atoms with E-state index in [1.54, 1.807) is 4.90 Å². The van der Waals surface area contributed by atoms with Gasteiger partial charge < -0.3 is 19.7 Å². The van der Waals surface area contributed by atoms with Crippen LogP contribution in [0.25, 0.3) is 0 Å². The minimum Gasteiger partial charge on any atom is -0.376 e. The Morgan fingerprint density at radius 3 is 3.00 bits per heavy atom. The minimum atomic E-state index is -0.619. The van der Waals surface area contributed by atoms with E-state index < -0.39 is 11.6 Å². The van der Waals surface area contributed by atoms with Gasteiger partial charge in [-0.1, -0.05) is 0 Å². The van der Waals surface area contributed by atoms with Gasteiger partial charge in [-0.15, -0.1) is 0 Å². The summed E-state index contributed by atoms with van der Waals surface area (Å²) in [5.74, 6) is -1.16. The fourth-order valence-corrected chi connectivity index (χ4v) is 2.75. The van der Waals surface area contributed by atoms with Gasteiger partial charge in [0.1, 0.15) is 11.6 Å². The first-order valence-corrected chi connectivity index (χ1v) is 7.32. The molecule has 3 rings (SSSR count). The Bertz CT molecular complexity index is 562. The van der Waals surface area contributed by atoms with Crippen molar-refractivity contribution in [2.45, 2.75) is 19.1 Å². The number of rotatable bonds is 2. The van der Waals surface area contributed by atoms with Crippen molar-refractivity contribution in [3.8, 4) is 0 Å². The maximum Gasteiger partial charge on any atom is 0.317 e. The van der Waals surface area contributed by atoms with Crippen LogP contribution in [0, 0.1) is 11.6 Å². The standard InChI is InChI=1S/C15H18F2N2O3/c16-11-5-10-8-19(2-1-13(10)14(17)6-11)15(20)18-7-12-9-21-3-4-22-12/h5-6,12H,1-4,7-9H2,(H,18,20). The van der Waals surface area contributed by atoms with E-state index >= 15 is 0 Å². The van der Waals surface area contributed by atoms with Gasteiger partial charge in [0, 0.05) is 25.7 Å². The molecule has 1 fully saturated rings. The van der Waals surface area contributed by atoms with Gasteiger partial charge in [0.05, 0.1) is 25.9 Å². The number of hydrogen-bond acceptors (Lipinski definition) is 3. The lowest BCUT2D eigenvalue weighted by atomic mass is 9.99. The van der Waals surface area contributed by atoms with Gasteiger partial charge in [0.15, 0.2) is 0 Å². The number of carbonyl (C=O) groups is 1. The number of nitrogens with zero attached hydrogens (tertiary/aromatic N) is 1. The van der Waals surface area contributed by atoms with E-state index in [1.165, 1.54) is 6.07 Å². The molecule has 2 aliphatic rings. The van der Waals surface area contributed by atoms with Gasteiger partial charge >= 0.3 is 6.03 Å². The fourth-order valence-electron chi connectivity index (χ4n) is 2.75. The van der Waals surface area contributed by atoms with Crippen molar-refractivity contribution < 1.29 is 23.0 Å². The van der Waals surface area contributed by atoms with E-state index in [1.807, 2.05) is 0 Å². The normalized spacial score (nSPS) is 21.4. The Morgan fingerprint density at radius 2 is 2.23 bits per heavy atom. The molecular formula is C15H18F2N2O3. The molecule has 1 aromatic rings. The monoisotopic (exact) mass is 312 g/mol. The molecule has 22 heavy (non-hydrogen) atoms. The van der Waals surface area contributed by atoms with E-state index in [4.69, 9.17) is 9.47 Å². The second-order valence-electron chi connectivity index (χ2n) is 5.45. The molecule has 1 saturated heterocycles. The maximum absolute atomic E-state index is 13.7. The SMILES string of the molecule is O=C(NCC1COCCO1)N1CCc2c(F)cc(F)cc2C1. The van der Waals surface area contributed by atoms with Crippen LogP contribution in [0.3, 0.4) is 0 Å². The predicted molar refractivity (Wildman–Crippen MR) is 74.4 cm³/mol. The average Bonchev–Trinajstić information content (AvgIpc) is 2.53. The molecule has 2 aliphatic heterocycles. The number of amides is 2. The van der Waals surface area contributed by atoms with Crippen molar-refractivity contribution in [1.29, 1.82) is 0 Å². The Kier molecular flexibility index (Phi) is 4.54. The molecule has 5 nitrogen and oxygen atoms in total. The molecule has 0 saturated carbocycles. The molecule has 120 valence electrons. The number of benzene rings is 1. The molecular weight excluding hydrogens is 294 g/mol. The third-order valence-electron chi connectivity index (χ3n) is 3.90. The first-order valence-electron chi connectivity index (χ1n) is 7.32. The number of fused-ring (bicyclic) bond motifs is 1. The highest BCUT2D eigenvalue weighted by Gasteiger charge is 2.24. The highest BCUT2D eigenvalue weighted by molar-refractivity contribution is 5.74. The van der Waals surface area contributed by atoms with Gasteiger partial charge in [0.25, 0.3) is 0 Å². The number of carbonyl (C=O) groups excluding carboxylic acids is 1. The largest absolute Gasteiger partial charge is 0.376 e. The molecule has 2 heterocycles. The molecule has 0 aliphatic carbocycles. The Balaban J connectivity index is 1.58. The fraction of sp³-hybridized carbons (Fsp3) is 0.533. The average molecular weight is 312 g/mol. The third-order valence-corrected chi connectivity index (χ3v) is 3.90. The summed E-state index contributed by atoms with van der Waals surface area (Å²) in [6, 6.07) is 1.91. The van der Waals surface area contributed by atoms with E-state index in [-0.39, 0.29) is 18.7 Å². The molecule has 0 spiro atoms. The maximum atomic E-state index is 13.7. The van der Waals surface area contributed by atoms with E-state index in [9.17, 15) is 13.6 Å². The van der Waals surface area contributed by atoms with E-state index in [0.29, 0.717) is 50.5 Å². The highest BCUT2D eigenvalue weighted by atomic mass is 19.1. The summed E-state index contributed by atoms with van der Waals surface area (Å²) in [4.78, 5) is 13.7. The lowest BCUT2D eigenvalue weighted by Crippen LogP contribution is -2.47. The molecule has 1 unspecified atom stereocenters. The van der Waals surface area contributed by atoms with Crippen LogP contribution >= 0.6 is 0 Å². The predicted octanol–water partition coefficient (Wildman–Crippen LogP) is 1.45. The van der Waals surface area contributed by atoms with E-state index in [0.717, 1.165) is 6.07 Å². The summed E-state index contributed by atoms with van der Waals surface area (Å²) in [7, 11) is 0. The Morgan fingerprint density at radius 1 is 1.36 bits per heavy atom. The van der Waals surface area contributed by atoms with Gasteiger partial charge in [-0.3, -0.25) is 0 Å². The van der Waals surface area contributed by atoms with Crippen molar-refractivity contribution in [2.24, 2.45) is 0 Å². The van der Waals surface area contributed by atoms with Crippen molar-refractivity contribution in [3.05, 3.63) is 34.9 Å². The zero-order valence-electron chi connectivity index (χ0n) is 12.1. The molecule has 1 aromatic carbocycles. The summed E-state index contributed by atoms with van der Waals surface area (Å²) in [6.45, 7) is 2.53. The van der Waals surface area contributed by atoms with Crippen LogP contribution in [0.15, 0.2) is 12.1 Å². The Labute approximate surface area is 127 Å². The molecule has 1 N–H and O–H groups in total.